The molecule has 2 saturated heterocycles. The van der Waals surface area contributed by atoms with Crippen molar-refractivity contribution in [1.29, 1.82) is 0 Å². The van der Waals surface area contributed by atoms with Crippen LogP contribution in [0.25, 0.3) is 10.1 Å². The number of rotatable bonds is 7. The Hall–Kier alpha value is -3.35. The fourth-order valence-electron chi connectivity index (χ4n) is 5.14. The third-order valence-electron chi connectivity index (χ3n) is 6.85. The number of aromatic nitrogens is 1. The number of nitrogens with one attached hydrogen (secondary N) is 1. The van der Waals surface area contributed by atoms with Gasteiger partial charge in [0.2, 0.25) is 5.91 Å². The number of hydrogen-bond acceptors (Lipinski definition) is 7. The molecule has 5 rings (SSSR count). The monoisotopic (exact) mass is 542 g/mol. The van der Waals surface area contributed by atoms with E-state index in [1.165, 1.54) is 34.4 Å². The van der Waals surface area contributed by atoms with Crippen LogP contribution < -0.4 is 10.0 Å². The van der Waals surface area contributed by atoms with Gasteiger partial charge in [-0.3, -0.25) is 14.4 Å². The summed E-state index contributed by atoms with van der Waals surface area (Å²) < 4.78 is 28.7. The lowest BCUT2D eigenvalue weighted by Crippen LogP contribution is -2.52. The van der Waals surface area contributed by atoms with Crippen molar-refractivity contribution in [3.05, 3.63) is 64.8 Å². The quantitative estimate of drug-likeness (QED) is 0.357. The van der Waals surface area contributed by atoms with Crippen LogP contribution in [0.4, 0.5) is 0 Å². The molecular weight excluding hydrogens is 516 g/mol. The summed E-state index contributed by atoms with van der Waals surface area (Å²) in [7, 11) is -4.25. The van der Waals surface area contributed by atoms with Crippen LogP contribution in [0.15, 0.2) is 59.8 Å². The standard InChI is InChI=1S/C25H26N4O6S2/c1-2-7-17(26-24(31)21-14-16-8-3-4-9-20(16)36-21)25(32)27-13-11-18-23(27)19(30)15-29(18)37(34,35)22-10-5-6-12-28(22)33/h3-6,8-10,12,14,17-18,23H,2,7,11,13,15H2,1H3,(H,26,31). The number of pyridine rings is 1. The first-order chi connectivity index (χ1) is 17.7. The van der Waals surface area contributed by atoms with Crippen LogP contribution in [0, 0.1) is 5.21 Å². The molecule has 2 aliphatic rings. The number of amides is 2. The minimum atomic E-state index is -4.25. The van der Waals surface area contributed by atoms with Gasteiger partial charge in [0, 0.05) is 23.4 Å². The smallest absolute Gasteiger partial charge is 0.323 e. The van der Waals surface area contributed by atoms with Crippen LogP contribution >= 0.6 is 11.3 Å². The number of nitrogens with zero attached hydrogens (tertiary/aromatic N) is 3. The average molecular weight is 543 g/mol. The number of Topliss-reactive ketones (excluding diaryl/α,β-unsaturated/α-hetero) is 1. The molecule has 3 unspecified atom stereocenters. The largest absolute Gasteiger partial charge is 0.618 e. The average Bonchev–Trinajstić information content (AvgIpc) is 3.58. The molecule has 0 saturated carbocycles. The van der Waals surface area contributed by atoms with Gasteiger partial charge in [0.05, 0.1) is 17.5 Å². The highest BCUT2D eigenvalue weighted by Gasteiger charge is 2.55. The number of sulfonamides is 1. The van der Waals surface area contributed by atoms with Gasteiger partial charge in [-0.1, -0.05) is 31.5 Å². The zero-order valence-corrected chi connectivity index (χ0v) is 21.7. The molecule has 4 heterocycles. The zero-order valence-electron chi connectivity index (χ0n) is 20.1. The van der Waals surface area contributed by atoms with Crippen LogP contribution in [0.1, 0.15) is 35.9 Å². The molecule has 1 N–H and O–H groups in total. The molecule has 2 aromatic heterocycles. The third-order valence-corrected chi connectivity index (χ3v) is 9.83. The Bertz CT molecular complexity index is 1450. The molecule has 3 aromatic rings. The highest BCUT2D eigenvalue weighted by atomic mass is 32.2. The number of benzene rings is 1. The molecular formula is C25H26N4O6S2. The van der Waals surface area contributed by atoms with Gasteiger partial charge in [0.25, 0.3) is 5.91 Å². The van der Waals surface area contributed by atoms with Crippen LogP contribution in [-0.2, 0) is 19.6 Å². The molecule has 2 amide bonds. The third kappa shape index (κ3) is 4.49. The lowest BCUT2D eigenvalue weighted by Gasteiger charge is -2.28. The van der Waals surface area contributed by atoms with Crippen molar-refractivity contribution in [2.24, 2.45) is 0 Å². The SMILES string of the molecule is CCCC(NC(=O)c1cc2ccccc2s1)C(=O)N1CCC2C1C(=O)CN2S(=O)(=O)c1cccc[n+]1[O-]. The van der Waals surface area contributed by atoms with Crippen molar-refractivity contribution in [2.75, 3.05) is 13.1 Å². The lowest BCUT2D eigenvalue weighted by atomic mass is 10.1. The molecule has 2 fully saturated rings. The Morgan fingerprint density at radius 2 is 1.97 bits per heavy atom. The second-order valence-electron chi connectivity index (χ2n) is 9.18. The van der Waals surface area contributed by atoms with Gasteiger partial charge in [-0.15, -0.1) is 11.3 Å². The highest BCUT2D eigenvalue weighted by molar-refractivity contribution is 7.89. The second-order valence-corrected chi connectivity index (χ2v) is 12.1. The summed E-state index contributed by atoms with van der Waals surface area (Å²) in [6.45, 7) is 1.66. The van der Waals surface area contributed by atoms with Gasteiger partial charge in [0.1, 0.15) is 12.1 Å². The molecule has 0 bridgehead atoms. The van der Waals surface area contributed by atoms with Gasteiger partial charge in [-0.05, 0) is 36.4 Å². The van der Waals surface area contributed by atoms with Gasteiger partial charge in [-0.2, -0.15) is 9.04 Å². The van der Waals surface area contributed by atoms with E-state index in [-0.39, 0.29) is 23.6 Å². The number of thiophene rings is 1. The van der Waals surface area contributed by atoms with Crippen molar-refractivity contribution in [3.63, 3.8) is 0 Å². The van der Waals surface area contributed by atoms with E-state index in [1.54, 1.807) is 6.07 Å². The highest BCUT2D eigenvalue weighted by Crippen LogP contribution is 2.34. The minimum Gasteiger partial charge on any atom is -0.618 e. The zero-order chi connectivity index (χ0) is 26.3. The van der Waals surface area contributed by atoms with Gasteiger partial charge in [0.15, 0.2) is 12.0 Å². The van der Waals surface area contributed by atoms with E-state index in [0.717, 1.165) is 20.6 Å². The lowest BCUT2D eigenvalue weighted by molar-refractivity contribution is -0.646. The number of ketones is 1. The fraction of sp³-hybridized carbons (Fsp3) is 0.360. The predicted octanol–water partition coefficient (Wildman–Crippen LogP) is 1.68. The summed E-state index contributed by atoms with van der Waals surface area (Å²) >= 11 is 1.34. The first-order valence-electron chi connectivity index (χ1n) is 12.0. The van der Waals surface area contributed by atoms with Crippen LogP contribution in [0.2, 0.25) is 0 Å². The first-order valence-corrected chi connectivity index (χ1v) is 14.3. The maximum atomic E-state index is 13.6. The maximum absolute atomic E-state index is 13.6. The summed E-state index contributed by atoms with van der Waals surface area (Å²) in [5.74, 6) is -1.18. The number of likely N-dealkylation sites (tertiary alicyclic amines) is 1. The summed E-state index contributed by atoms with van der Waals surface area (Å²) in [5.41, 5.74) is 0. The fourth-order valence-corrected chi connectivity index (χ4v) is 7.76. The van der Waals surface area contributed by atoms with E-state index >= 15 is 0 Å². The van der Waals surface area contributed by atoms with E-state index in [2.05, 4.69) is 5.32 Å². The molecule has 0 aliphatic carbocycles. The molecule has 2 aliphatic heterocycles. The van der Waals surface area contributed by atoms with E-state index in [9.17, 15) is 28.0 Å². The Morgan fingerprint density at radius 3 is 2.70 bits per heavy atom. The summed E-state index contributed by atoms with van der Waals surface area (Å²) in [6.07, 6.45) is 2.34. The first kappa shape index (κ1) is 25.3. The number of fused-ring (bicyclic) bond motifs is 2. The van der Waals surface area contributed by atoms with Crippen LogP contribution in [0.5, 0.6) is 0 Å². The molecule has 0 radical (unpaired) electrons. The molecule has 1 aromatic carbocycles. The molecule has 10 nitrogen and oxygen atoms in total. The topological polar surface area (TPSA) is 131 Å². The van der Waals surface area contributed by atoms with E-state index in [1.807, 2.05) is 31.2 Å². The van der Waals surface area contributed by atoms with E-state index < -0.39 is 51.4 Å². The van der Waals surface area contributed by atoms with Crippen molar-refractivity contribution in [2.45, 2.75) is 49.3 Å². The molecule has 3 atom stereocenters. The summed E-state index contributed by atoms with van der Waals surface area (Å²) in [6, 6.07) is 10.9. The summed E-state index contributed by atoms with van der Waals surface area (Å²) in [5, 5.41) is 15.4. The van der Waals surface area contributed by atoms with Gasteiger partial charge < -0.3 is 15.4 Å². The Morgan fingerprint density at radius 1 is 1.22 bits per heavy atom. The Balaban J connectivity index is 1.35. The van der Waals surface area contributed by atoms with Crippen molar-refractivity contribution in [1.82, 2.24) is 14.5 Å². The van der Waals surface area contributed by atoms with Crippen LogP contribution in [-0.4, -0.2) is 66.4 Å². The second kappa shape index (κ2) is 9.84. The number of hydrogen-bond donors (Lipinski definition) is 1. The van der Waals surface area contributed by atoms with Crippen molar-refractivity contribution >= 4 is 49.0 Å². The maximum Gasteiger partial charge on any atom is 0.323 e. The molecule has 12 heteroatoms. The van der Waals surface area contributed by atoms with Crippen molar-refractivity contribution < 1.29 is 27.5 Å². The van der Waals surface area contributed by atoms with Crippen LogP contribution in [0.3, 0.4) is 0 Å². The summed E-state index contributed by atoms with van der Waals surface area (Å²) in [4.78, 5) is 41.5. The van der Waals surface area contributed by atoms with Crippen molar-refractivity contribution in [3.8, 4) is 0 Å². The number of carbonyl (C=O) groups is 3. The Labute approximate surface area is 218 Å². The Kier molecular flexibility index (Phi) is 6.73. The predicted molar refractivity (Wildman–Crippen MR) is 136 cm³/mol. The van der Waals surface area contributed by atoms with E-state index in [4.69, 9.17) is 0 Å². The molecule has 194 valence electrons. The minimum absolute atomic E-state index is 0.178. The van der Waals surface area contributed by atoms with E-state index in [0.29, 0.717) is 17.7 Å². The van der Waals surface area contributed by atoms with Gasteiger partial charge >= 0.3 is 15.0 Å². The normalized spacial score (nSPS) is 20.8. The number of carbonyl (C=O) groups excluding carboxylic acids is 3. The molecule has 37 heavy (non-hydrogen) atoms. The van der Waals surface area contributed by atoms with Gasteiger partial charge in [-0.25, -0.2) is 8.42 Å². The molecule has 0 spiro atoms.